The predicted molar refractivity (Wildman–Crippen MR) is 113 cm³/mol. The number of rotatable bonds is 0. The number of aromatic nitrogens is 3. The standard InChI is InChI=1S/C21H21FN5O2P/c1-12-15-9-14(22)4-5-19(15)30(3,28)7-6-16-20(17(10-23)27(2)26-16)13-8-18(29-12)21(24)25-11-13/h4-5,8-9,11-12H,6-7H2,1-3H3,(H2,24,25)/t12-,30?/m1/s1. The number of anilines is 1. The van der Waals surface area contributed by atoms with E-state index in [1.54, 1.807) is 39.0 Å². The molecule has 0 spiro atoms. The van der Waals surface area contributed by atoms with Crippen molar-refractivity contribution in [3.63, 3.8) is 0 Å². The Balaban J connectivity index is 1.98. The summed E-state index contributed by atoms with van der Waals surface area (Å²) in [4.78, 5) is 4.23. The SMILES string of the molecule is C[C@H]1Oc2cc(cnc2N)-c2c(nn(C)c2C#N)CCP(C)(=O)c2ccc(F)cc21. The fourth-order valence-corrected chi connectivity index (χ4v) is 5.91. The van der Waals surface area contributed by atoms with Gasteiger partial charge in [-0.3, -0.25) is 4.68 Å². The number of pyridine rings is 1. The lowest BCUT2D eigenvalue weighted by Crippen LogP contribution is -2.20. The van der Waals surface area contributed by atoms with Gasteiger partial charge < -0.3 is 15.0 Å². The van der Waals surface area contributed by atoms with Crippen LogP contribution in [0.4, 0.5) is 10.2 Å². The van der Waals surface area contributed by atoms with Crippen molar-refractivity contribution in [3.05, 3.63) is 53.2 Å². The zero-order chi connectivity index (χ0) is 21.6. The molecule has 1 aliphatic heterocycles. The monoisotopic (exact) mass is 425 g/mol. The number of nitrogen functional groups attached to an aromatic ring is 1. The lowest BCUT2D eigenvalue weighted by Gasteiger charge is -2.23. The van der Waals surface area contributed by atoms with E-state index in [4.69, 9.17) is 10.5 Å². The van der Waals surface area contributed by atoms with Crippen molar-refractivity contribution in [3.8, 4) is 22.9 Å². The Labute approximate surface area is 173 Å². The summed E-state index contributed by atoms with van der Waals surface area (Å²) in [5, 5.41) is 14.7. The second kappa shape index (κ2) is 7.26. The zero-order valence-corrected chi connectivity index (χ0v) is 17.8. The molecule has 2 N–H and O–H groups in total. The fourth-order valence-electron chi connectivity index (χ4n) is 3.85. The number of hydrogen-bond donors (Lipinski definition) is 1. The van der Waals surface area contributed by atoms with Crippen molar-refractivity contribution >= 4 is 18.3 Å². The molecule has 2 atom stereocenters. The van der Waals surface area contributed by atoms with Crippen LogP contribution in [0, 0.1) is 17.1 Å². The Bertz CT molecular complexity index is 1250. The molecule has 30 heavy (non-hydrogen) atoms. The summed E-state index contributed by atoms with van der Waals surface area (Å²) in [6, 6.07) is 8.13. The largest absolute Gasteiger partial charge is 0.482 e. The van der Waals surface area contributed by atoms with E-state index in [-0.39, 0.29) is 5.82 Å². The molecule has 0 saturated heterocycles. The second-order valence-corrected chi connectivity index (χ2v) is 10.7. The molecule has 1 aromatic carbocycles. The van der Waals surface area contributed by atoms with Crippen molar-refractivity contribution in [1.29, 1.82) is 5.26 Å². The third kappa shape index (κ3) is 3.35. The Morgan fingerprint density at radius 2 is 2.17 bits per heavy atom. The Kier molecular flexibility index (Phi) is 4.87. The topological polar surface area (TPSA) is 107 Å². The molecule has 0 radical (unpaired) electrons. The molecule has 0 fully saturated rings. The highest BCUT2D eigenvalue weighted by Crippen LogP contribution is 2.45. The van der Waals surface area contributed by atoms with Gasteiger partial charge in [-0.15, -0.1) is 0 Å². The smallest absolute Gasteiger partial charge is 0.166 e. The van der Waals surface area contributed by atoms with Gasteiger partial charge in [0, 0.05) is 41.4 Å². The van der Waals surface area contributed by atoms with Crippen LogP contribution in [0.3, 0.4) is 0 Å². The number of hydrogen-bond acceptors (Lipinski definition) is 6. The van der Waals surface area contributed by atoms with E-state index in [0.29, 0.717) is 51.7 Å². The predicted octanol–water partition coefficient (Wildman–Crippen LogP) is 3.39. The first-order valence-electron chi connectivity index (χ1n) is 9.46. The van der Waals surface area contributed by atoms with Crippen LogP contribution in [-0.4, -0.2) is 27.6 Å². The number of nitriles is 1. The minimum absolute atomic E-state index is 0.171. The average molecular weight is 425 g/mol. The summed E-state index contributed by atoms with van der Waals surface area (Å²) in [5.41, 5.74) is 8.83. The third-order valence-electron chi connectivity index (χ3n) is 5.41. The lowest BCUT2D eigenvalue weighted by molar-refractivity contribution is 0.228. The summed E-state index contributed by atoms with van der Waals surface area (Å²) in [7, 11) is -1.19. The summed E-state index contributed by atoms with van der Waals surface area (Å²) in [6.07, 6.45) is 1.68. The minimum atomic E-state index is -2.88. The van der Waals surface area contributed by atoms with E-state index in [1.807, 2.05) is 0 Å². The van der Waals surface area contributed by atoms with Gasteiger partial charge in [-0.05, 0) is 44.3 Å². The van der Waals surface area contributed by atoms with Crippen LogP contribution in [0.25, 0.3) is 11.1 Å². The van der Waals surface area contributed by atoms with Gasteiger partial charge in [-0.25, -0.2) is 9.37 Å². The molecule has 7 nitrogen and oxygen atoms in total. The van der Waals surface area contributed by atoms with Gasteiger partial charge in [0.2, 0.25) is 0 Å². The summed E-state index contributed by atoms with van der Waals surface area (Å²) < 4.78 is 35.3. The van der Waals surface area contributed by atoms with Crippen molar-refractivity contribution in [2.75, 3.05) is 18.6 Å². The molecule has 3 heterocycles. The molecular formula is C21H21FN5O2P. The molecule has 1 unspecified atom stereocenters. The minimum Gasteiger partial charge on any atom is -0.482 e. The third-order valence-corrected chi connectivity index (χ3v) is 7.92. The van der Waals surface area contributed by atoms with Crippen molar-refractivity contribution < 1.29 is 13.7 Å². The quantitative estimate of drug-likeness (QED) is 0.554. The first-order valence-corrected chi connectivity index (χ1v) is 11.8. The van der Waals surface area contributed by atoms with E-state index in [1.165, 1.54) is 16.8 Å². The molecule has 1 aliphatic rings. The van der Waals surface area contributed by atoms with Crippen LogP contribution < -0.4 is 15.8 Å². The molecule has 2 bridgehead atoms. The van der Waals surface area contributed by atoms with Crippen LogP contribution >= 0.6 is 7.14 Å². The van der Waals surface area contributed by atoms with Crippen molar-refractivity contribution in [2.24, 2.45) is 7.05 Å². The Morgan fingerprint density at radius 1 is 1.40 bits per heavy atom. The highest BCUT2D eigenvalue weighted by atomic mass is 31.2. The highest BCUT2D eigenvalue weighted by molar-refractivity contribution is 7.71. The van der Waals surface area contributed by atoms with Crippen LogP contribution in [-0.2, 0) is 18.0 Å². The van der Waals surface area contributed by atoms with Crippen LogP contribution in [0.5, 0.6) is 5.75 Å². The number of benzene rings is 1. The molecule has 0 saturated carbocycles. The Hall–Kier alpha value is -3.17. The van der Waals surface area contributed by atoms with E-state index in [9.17, 15) is 14.2 Å². The molecule has 3 aromatic rings. The molecule has 0 amide bonds. The number of ether oxygens (including phenoxy) is 1. The van der Waals surface area contributed by atoms with E-state index in [0.717, 1.165) is 0 Å². The second-order valence-electron chi connectivity index (χ2n) is 7.55. The van der Waals surface area contributed by atoms with Gasteiger partial charge in [0.15, 0.2) is 11.6 Å². The summed E-state index contributed by atoms with van der Waals surface area (Å²) >= 11 is 0. The first-order chi connectivity index (χ1) is 14.2. The molecule has 9 heteroatoms. The van der Waals surface area contributed by atoms with Gasteiger partial charge in [-0.2, -0.15) is 10.4 Å². The van der Waals surface area contributed by atoms with E-state index >= 15 is 0 Å². The number of nitrogens with zero attached hydrogens (tertiary/aromatic N) is 4. The van der Waals surface area contributed by atoms with E-state index in [2.05, 4.69) is 16.2 Å². The molecule has 0 aliphatic carbocycles. The molecule has 4 rings (SSSR count). The van der Waals surface area contributed by atoms with Crippen LogP contribution in [0.1, 0.15) is 30.0 Å². The fraction of sp³-hybridized carbons (Fsp3) is 0.286. The Morgan fingerprint density at radius 3 is 2.90 bits per heavy atom. The molecule has 154 valence electrons. The first kappa shape index (κ1) is 20.1. The summed E-state index contributed by atoms with van der Waals surface area (Å²) in [5.74, 6) is 0.0477. The van der Waals surface area contributed by atoms with Crippen molar-refractivity contribution in [1.82, 2.24) is 14.8 Å². The maximum atomic E-state index is 14.0. The average Bonchev–Trinajstić information content (AvgIpc) is 3.02. The van der Waals surface area contributed by atoms with E-state index < -0.39 is 19.1 Å². The van der Waals surface area contributed by atoms with Gasteiger partial charge >= 0.3 is 0 Å². The number of fused-ring (bicyclic) bond motifs is 5. The van der Waals surface area contributed by atoms with Gasteiger partial charge in [0.05, 0.1) is 5.69 Å². The molecular weight excluding hydrogens is 404 g/mol. The number of aryl methyl sites for hydroxylation is 2. The van der Waals surface area contributed by atoms with Crippen LogP contribution in [0.2, 0.25) is 0 Å². The van der Waals surface area contributed by atoms with Crippen molar-refractivity contribution in [2.45, 2.75) is 19.4 Å². The maximum absolute atomic E-state index is 14.0. The number of nitrogens with two attached hydrogens (primary N) is 1. The van der Waals surface area contributed by atoms with Gasteiger partial charge in [0.1, 0.15) is 30.8 Å². The van der Waals surface area contributed by atoms with Crippen LogP contribution in [0.15, 0.2) is 30.5 Å². The van der Waals surface area contributed by atoms with Gasteiger partial charge in [0.25, 0.3) is 0 Å². The van der Waals surface area contributed by atoms with Gasteiger partial charge in [-0.1, -0.05) is 0 Å². The number of halogens is 1. The lowest BCUT2D eigenvalue weighted by atomic mass is 10.0. The molecule has 2 aromatic heterocycles. The summed E-state index contributed by atoms with van der Waals surface area (Å²) in [6.45, 7) is 3.44. The normalized spacial score (nSPS) is 20.7. The maximum Gasteiger partial charge on any atom is 0.166 e. The zero-order valence-electron chi connectivity index (χ0n) is 16.9. The highest BCUT2D eigenvalue weighted by Gasteiger charge is 2.29.